The van der Waals surface area contributed by atoms with E-state index in [1.165, 1.54) is 38.3 Å². The number of hydrogen-bond acceptors (Lipinski definition) is 4. The van der Waals surface area contributed by atoms with Gasteiger partial charge in [-0.2, -0.15) is 26.3 Å². The van der Waals surface area contributed by atoms with Crippen molar-refractivity contribution in [1.29, 1.82) is 0 Å². The molecule has 0 aliphatic carbocycles. The van der Waals surface area contributed by atoms with E-state index < -0.39 is 29.3 Å². The van der Waals surface area contributed by atoms with Gasteiger partial charge in [0.15, 0.2) is 0 Å². The van der Waals surface area contributed by atoms with Crippen LogP contribution >= 0.6 is 0 Å². The van der Waals surface area contributed by atoms with Crippen LogP contribution in [0.2, 0.25) is 0 Å². The lowest BCUT2D eigenvalue weighted by molar-refractivity contribution is -0.143. The maximum Gasteiger partial charge on any atom is 0.416 e. The summed E-state index contributed by atoms with van der Waals surface area (Å²) in [5, 5.41) is 0. The summed E-state index contributed by atoms with van der Waals surface area (Å²) in [4.78, 5) is 10.5. The molecule has 0 spiro atoms. The Morgan fingerprint density at radius 1 is 0.816 bits per heavy atom. The molecular formula is C27H26F7NO3. The van der Waals surface area contributed by atoms with Gasteiger partial charge < -0.3 is 9.47 Å². The van der Waals surface area contributed by atoms with E-state index in [0.29, 0.717) is 41.0 Å². The highest BCUT2D eigenvalue weighted by atomic mass is 19.4. The zero-order chi connectivity index (χ0) is 28.7. The number of methoxy groups -OCH3 is 2. The Labute approximate surface area is 215 Å². The first-order valence-electron chi connectivity index (χ1n) is 11.1. The van der Waals surface area contributed by atoms with Crippen molar-refractivity contribution in [2.45, 2.75) is 32.4 Å². The van der Waals surface area contributed by atoms with Crippen LogP contribution in [0.3, 0.4) is 0 Å². The van der Waals surface area contributed by atoms with E-state index in [1.54, 1.807) is 12.1 Å². The Bertz CT molecular complexity index is 1210. The van der Waals surface area contributed by atoms with Gasteiger partial charge in [-0.3, -0.25) is 9.69 Å². The Hall–Kier alpha value is -3.60. The summed E-state index contributed by atoms with van der Waals surface area (Å²) in [5.41, 5.74) is -0.116. The molecule has 3 aromatic rings. The molecule has 0 saturated heterocycles. The van der Waals surface area contributed by atoms with Gasteiger partial charge in [-0.05, 0) is 73.1 Å². The highest BCUT2D eigenvalue weighted by Gasteiger charge is 2.37. The smallest absolute Gasteiger partial charge is 0.416 e. The van der Waals surface area contributed by atoms with Crippen LogP contribution in [-0.4, -0.2) is 32.6 Å². The standard InChI is InChI=1S/C25H22F7NO.C2H4O2/c1-15-4-7-23(34-3)22(8-15)21-6-5-20(26)11-17(21)14-33(2)13-16-9-18(24(27,28)29)12-19(10-16)25(30,31)32;1-4-2-3/h4-12H,13-14H2,1-3H3;2H,1H3. The Kier molecular flexibility index (Phi) is 10.3. The van der Waals surface area contributed by atoms with Gasteiger partial charge in [0.05, 0.1) is 25.3 Å². The predicted molar refractivity (Wildman–Crippen MR) is 128 cm³/mol. The SMILES string of the molecule is COC=O.COc1ccc(C)cc1-c1ccc(F)cc1CN(C)Cc1cc(C(F)(F)F)cc(C(F)(F)F)c1. The van der Waals surface area contributed by atoms with E-state index in [1.807, 2.05) is 19.1 Å². The van der Waals surface area contributed by atoms with Crippen molar-refractivity contribution < 1.29 is 45.0 Å². The van der Waals surface area contributed by atoms with Crippen molar-refractivity contribution in [2.24, 2.45) is 0 Å². The molecule has 38 heavy (non-hydrogen) atoms. The van der Waals surface area contributed by atoms with Crippen molar-refractivity contribution >= 4 is 6.47 Å². The number of hydrogen-bond donors (Lipinski definition) is 0. The summed E-state index contributed by atoms with van der Waals surface area (Å²) >= 11 is 0. The minimum absolute atomic E-state index is 0.0712. The minimum atomic E-state index is -4.92. The van der Waals surface area contributed by atoms with Gasteiger partial charge in [0.25, 0.3) is 6.47 Å². The van der Waals surface area contributed by atoms with E-state index in [2.05, 4.69) is 4.74 Å². The van der Waals surface area contributed by atoms with Crippen molar-refractivity contribution in [3.8, 4) is 16.9 Å². The van der Waals surface area contributed by atoms with Gasteiger partial charge in [-0.15, -0.1) is 0 Å². The molecular weight excluding hydrogens is 519 g/mol. The van der Waals surface area contributed by atoms with Gasteiger partial charge in [0, 0.05) is 18.7 Å². The second kappa shape index (κ2) is 12.8. The molecule has 0 aliphatic heterocycles. The lowest BCUT2D eigenvalue weighted by Crippen LogP contribution is -2.19. The number of benzene rings is 3. The summed E-state index contributed by atoms with van der Waals surface area (Å²) in [6, 6.07) is 11.1. The maximum absolute atomic E-state index is 14.1. The van der Waals surface area contributed by atoms with Crippen molar-refractivity contribution in [2.75, 3.05) is 21.3 Å². The maximum atomic E-state index is 14.1. The zero-order valence-corrected chi connectivity index (χ0v) is 21.0. The van der Waals surface area contributed by atoms with Crippen molar-refractivity contribution in [3.05, 3.63) is 88.2 Å². The van der Waals surface area contributed by atoms with E-state index in [0.717, 1.165) is 5.56 Å². The molecule has 3 aromatic carbocycles. The molecule has 0 bridgehead atoms. The van der Waals surface area contributed by atoms with E-state index in [-0.39, 0.29) is 24.7 Å². The Morgan fingerprint density at radius 2 is 1.39 bits per heavy atom. The first-order valence-corrected chi connectivity index (χ1v) is 11.1. The molecule has 0 radical (unpaired) electrons. The molecule has 206 valence electrons. The predicted octanol–water partition coefficient (Wildman–Crippen LogP) is 7.27. The summed E-state index contributed by atoms with van der Waals surface area (Å²) in [5.74, 6) is 0.0333. The van der Waals surface area contributed by atoms with Gasteiger partial charge in [0.1, 0.15) is 11.6 Å². The van der Waals surface area contributed by atoms with Gasteiger partial charge >= 0.3 is 12.4 Å². The van der Waals surface area contributed by atoms with Crippen LogP contribution in [0.25, 0.3) is 11.1 Å². The average molecular weight is 545 g/mol. The molecule has 0 saturated carbocycles. The average Bonchev–Trinajstić information content (AvgIpc) is 2.83. The zero-order valence-electron chi connectivity index (χ0n) is 21.0. The third kappa shape index (κ3) is 8.47. The number of carbonyl (C=O) groups is 1. The topological polar surface area (TPSA) is 38.8 Å². The fourth-order valence-corrected chi connectivity index (χ4v) is 3.76. The van der Waals surface area contributed by atoms with Crippen LogP contribution < -0.4 is 4.74 Å². The van der Waals surface area contributed by atoms with Crippen molar-refractivity contribution in [3.63, 3.8) is 0 Å². The van der Waals surface area contributed by atoms with Crippen molar-refractivity contribution in [1.82, 2.24) is 4.90 Å². The van der Waals surface area contributed by atoms with Gasteiger partial charge in [0.2, 0.25) is 0 Å². The van der Waals surface area contributed by atoms with E-state index >= 15 is 0 Å². The summed E-state index contributed by atoms with van der Waals surface area (Å²) in [6.07, 6.45) is -9.85. The molecule has 0 N–H and O–H groups in total. The molecule has 0 fully saturated rings. The summed E-state index contributed by atoms with van der Waals surface area (Å²) in [6.45, 7) is 2.11. The molecule has 0 atom stereocenters. The molecule has 0 amide bonds. The first kappa shape index (κ1) is 30.6. The molecule has 0 aromatic heterocycles. The van der Waals surface area contributed by atoms with Crippen LogP contribution in [0.1, 0.15) is 27.8 Å². The van der Waals surface area contributed by atoms with E-state index in [4.69, 9.17) is 9.53 Å². The molecule has 0 heterocycles. The van der Waals surface area contributed by atoms with E-state index in [9.17, 15) is 30.7 Å². The Morgan fingerprint density at radius 3 is 1.89 bits per heavy atom. The number of alkyl halides is 6. The number of ether oxygens (including phenoxy) is 2. The quantitative estimate of drug-likeness (QED) is 0.231. The lowest BCUT2D eigenvalue weighted by atomic mass is 9.96. The lowest BCUT2D eigenvalue weighted by Gasteiger charge is -2.21. The third-order valence-corrected chi connectivity index (χ3v) is 5.35. The number of carbonyl (C=O) groups excluding carboxylic acids is 1. The largest absolute Gasteiger partial charge is 0.496 e. The number of rotatable bonds is 7. The summed E-state index contributed by atoms with van der Waals surface area (Å²) in [7, 11) is 4.35. The number of nitrogens with zero attached hydrogens (tertiary/aromatic N) is 1. The van der Waals surface area contributed by atoms with Crippen LogP contribution in [0, 0.1) is 12.7 Å². The van der Waals surface area contributed by atoms with Crippen LogP contribution in [-0.2, 0) is 35.0 Å². The summed E-state index contributed by atoms with van der Waals surface area (Å²) < 4.78 is 102. The van der Waals surface area contributed by atoms with Gasteiger partial charge in [-0.25, -0.2) is 4.39 Å². The second-order valence-corrected chi connectivity index (χ2v) is 8.42. The monoisotopic (exact) mass is 545 g/mol. The third-order valence-electron chi connectivity index (χ3n) is 5.35. The highest BCUT2D eigenvalue weighted by molar-refractivity contribution is 5.74. The number of halogens is 7. The molecule has 11 heteroatoms. The Balaban J connectivity index is 0.00000118. The van der Waals surface area contributed by atoms with Gasteiger partial charge in [-0.1, -0.05) is 17.7 Å². The molecule has 0 unspecified atom stereocenters. The highest BCUT2D eigenvalue weighted by Crippen LogP contribution is 2.37. The normalized spacial score (nSPS) is 11.6. The van der Waals surface area contributed by atoms with Crippen LogP contribution in [0.15, 0.2) is 54.6 Å². The second-order valence-electron chi connectivity index (χ2n) is 8.42. The molecule has 0 aliphatic rings. The first-order chi connectivity index (χ1) is 17.7. The minimum Gasteiger partial charge on any atom is -0.496 e. The van der Waals surface area contributed by atoms with Crippen LogP contribution in [0.5, 0.6) is 5.75 Å². The molecule has 3 rings (SSSR count). The van der Waals surface area contributed by atoms with Crippen LogP contribution in [0.4, 0.5) is 30.7 Å². The fourth-order valence-electron chi connectivity index (χ4n) is 3.76. The molecule has 4 nitrogen and oxygen atoms in total. The number of aryl methyl sites for hydroxylation is 1. The fraction of sp³-hybridized carbons (Fsp3) is 0.296.